The van der Waals surface area contributed by atoms with E-state index in [1.54, 1.807) is 0 Å². The lowest BCUT2D eigenvalue weighted by Gasteiger charge is -2.10. The van der Waals surface area contributed by atoms with Crippen molar-refractivity contribution in [3.05, 3.63) is 33.0 Å². The van der Waals surface area contributed by atoms with Crippen molar-refractivity contribution in [1.82, 2.24) is 5.32 Å². The van der Waals surface area contributed by atoms with E-state index in [0.717, 1.165) is 0 Å². The van der Waals surface area contributed by atoms with Gasteiger partial charge in [0.15, 0.2) is 0 Å². The standard InChI is InChI=1S/C11H10BrClFNO3/c1-5(11(17)18)10(16)15-4-6-2-7(12)3-8(13)9(6)14/h2-3,5H,4H2,1H3,(H,15,16)(H,17,18). The molecular formula is C11H10BrClFNO3. The Morgan fingerprint density at radius 1 is 1.56 bits per heavy atom. The molecule has 1 unspecified atom stereocenters. The van der Waals surface area contributed by atoms with Gasteiger partial charge in [-0.3, -0.25) is 9.59 Å². The molecule has 0 aromatic heterocycles. The molecule has 0 bridgehead atoms. The maximum absolute atomic E-state index is 13.6. The molecule has 0 heterocycles. The third-order valence-corrected chi connectivity index (χ3v) is 3.02. The first-order chi connectivity index (χ1) is 8.32. The van der Waals surface area contributed by atoms with Gasteiger partial charge >= 0.3 is 5.97 Å². The summed E-state index contributed by atoms with van der Waals surface area (Å²) in [5, 5.41) is 10.9. The van der Waals surface area contributed by atoms with E-state index in [4.69, 9.17) is 16.7 Å². The molecule has 1 aromatic carbocycles. The Labute approximate surface area is 116 Å². The summed E-state index contributed by atoms with van der Waals surface area (Å²) in [6.45, 7) is 1.13. The summed E-state index contributed by atoms with van der Waals surface area (Å²) in [6.07, 6.45) is 0. The first-order valence-electron chi connectivity index (χ1n) is 4.97. The highest BCUT2D eigenvalue weighted by molar-refractivity contribution is 9.10. The minimum Gasteiger partial charge on any atom is -0.481 e. The Morgan fingerprint density at radius 3 is 2.72 bits per heavy atom. The molecule has 1 rings (SSSR count). The first kappa shape index (κ1) is 14.9. The predicted octanol–water partition coefficient (Wildman–Crippen LogP) is 2.58. The quantitative estimate of drug-likeness (QED) is 0.655. The highest BCUT2D eigenvalue weighted by Gasteiger charge is 2.20. The zero-order chi connectivity index (χ0) is 13.9. The van der Waals surface area contributed by atoms with Gasteiger partial charge < -0.3 is 10.4 Å². The molecule has 4 nitrogen and oxygen atoms in total. The lowest BCUT2D eigenvalue weighted by atomic mass is 10.1. The summed E-state index contributed by atoms with van der Waals surface area (Å²) in [4.78, 5) is 21.9. The lowest BCUT2D eigenvalue weighted by molar-refractivity contribution is -0.146. The molecule has 1 aromatic rings. The second-order valence-corrected chi connectivity index (χ2v) is 4.96. The van der Waals surface area contributed by atoms with E-state index >= 15 is 0 Å². The minimum absolute atomic E-state index is 0.0695. The molecule has 7 heteroatoms. The Hall–Kier alpha value is -1.14. The maximum Gasteiger partial charge on any atom is 0.315 e. The fraction of sp³-hybridized carbons (Fsp3) is 0.273. The molecule has 1 amide bonds. The van der Waals surface area contributed by atoms with E-state index in [-0.39, 0.29) is 17.1 Å². The van der Waals surface area contributed by atoms with Gasteiger partial charge in [0.1, 0.15) is 11.7 Å². The number of amides is 1. The maximum atomic E-state index is 13.6. The van der Waals surface area contributed by atoms with Crippen LogP contribution in [-0.2, 0) is 16.1 Å². The number of carboxylic acids is 1. The van der Waals surface area contributed by atoms with Crippen molar-refractivity contribution in [2.45, 2.75) is 13.5 Å². The molecule has 0 aliphatic heterocycles. The van der Waals surface area contributed by atoms with Gasteiger partial charge in [-0.25, -0.2) is 4.39 Å². The van der Waals surface area contributed by atoms with Crippen LogP contribution in [0.3, 0.4) is 0 Å². The van der Waals surface area contributed by atoms with Gasteiger partial charge in [0, 0.05) is 16.6 Å². The predicted molar refractivity (Wildman–Crippen MR) is 67.8 cm³/mol. The van der Waals surface area contributed by atoms with Gasteiger partial charge in [-0.05, 0) is 19.1 Å². The zero-order valence-corrected chi connectivity index (χ0v) is 11.7. The molecule has 0 radical (unpaired) electrons. The molecule has 0 spiro atoms. The summed E-state index contributed by atoms with van der Waals surface area (Å²) in [5.74, 6) is -3.74. The van der Waals surface area contributed by atoms with Crippen LogP contribution in [0.4, 0.5) is 4.39 Å². The molecule has 0 fully saturated rings. The first-order valence-corrected chi connectivity index (χ1v) is 6.14. The topological polar surface area (TPSA) is 66.4 Å². The second-order valence-electron chi connectivity index (χ2n) is 3.64. The van der Waals surface area contributed by atoms with Crippen molar-refractivity contribution in [1.29, 1.82) is 0 Å². The van der Waals surface area contributed by atoms with Crippen LogP contribution >= 0.6 is 27.5 Å². The number of carbonyl (C=O) groups excluding carboxylic acids is 1. The third-order valence-electron chi connectivity index (χ3n) is 2.29. The smallest absolute Gasteiger partial charge is 0.315 e. The van der Waals surface area contributed by atoms with Crippen LogP contribution in [0, 0.1) is 11.7 Å². The molecular weight excluding hydrogens is 328 g/mol. The fourth-order valence-corrected chi connectivity index (χ4v) is 2.06. The van der Waals surface area contributed by atoms with Crippen LogP contribution in [0.2, 0.25) is 5.02 Å². The molecule has 2 N–H and O–H groups in total. The van der Waals surface area contributed by atoms with E-state index in [2.05, 4.69) is 21.2 Å². The number of nitrogens with one attached hydrogen (secondary N) is 1. The molecule has 0 saturated carbocycles. The van der Waals surface area contributed by atoms with Crippen LogP contribution in [-0.4, -0.2) is 17.0 Å². The average molecular weight is 339 g/mol. The van der Waals surface area contributed by atoms with Gasteiger partial charge in [-0.2, -0.15) is 0 Å². The number of carboxylic acid groups (broad SMARTS) is 1. The van der Waals surface area contributed by atoms with E-state index in [1.165, 1.54) is 19.1 Å². The van der Waals surface area contributed by atoms with Crippen molar-refractivity contribution in [2.24, 2.45) is 5.92 Å². The number of rotatable bonds is 4. The summed E-state index contributed by atoms with van der Waals surface area (Å²) >= 11 is 8.78. The fourth-order valence-electron chi connectivity index (χ4n) is 1.19. The second kappa shape index (κ2) is 6.15. The third kappa shape index (κ3) is 3.68. The van der Waals surface area contributed by atoms with Gasteiger partial charge in [0.2, 0.25) is 5.91 Å². The molecule has 0 aliphatic rings. The summed E-state index contributed by atoms with van der Waals surface area (Å²) in [6, 6.07) is 2.86. The van der Waals surface area contributed by atoms with Crippen LogP contribution in [0.25, 0.3) is 0 Å². The lowest BCUT2D eigenvalue weighted by Crippen LogP contribution is -2.33. The van der Waals surface area contributed by atoms with E-state index in [0.29, 0.717) is 4.47 Å². The molecule has 98 valence electrons. The Kier molecular flexibility index (Phi) is 5.10. The van der Waals surface area contributed by atoms with Crippen molar-refractivity contribution in [3.63, 3.8) is 0 Å². The molecule has 0 aliphatic carbocycles. The van der Waals surface area contributed by atoms with E-state index in [9.17, 15) is 14.0 Å². The van der Waals surface area contributed by atoms with Crippen LogP contribution < -0.4 is 5.32 Å². The highest BCUT2D eigenvalue weighted by Crippen LogP contribution is 2.24. The summed E-state index contributed by atoms with van der Waals surface area (Å²) in [5.41, 5.74) is 0.181. The number of hydrogen-bond donors (Lipinski definition) is 2. The monoisotopic (exact) mass is 337 g/mol. The summed E-state index contributed by atoms with van der Waals surface area (Å²) in [7, 11) is 0. The molecule has 18 heavy (non-hydrogen) atoms. The van der Waals surface area contributed by atoms with E-state index < -0.39 is 23.6 Å². The normalized spacial score (nSPS) is 12.0. The number of carbonyl (C=O) groups is 2. The van der Waals surface area contributed by atoms with Crippen LogP contribution in [0.5, 0.6) is 0 Å². The molecule has 1 atom stereocenters. The average Bonchev–Trinajstić information content (AvgIpc) is 2.30. The van der Waals surface area contributed by atoms with Gasteiger partial charge in [-0.1, -0.05) is 27.5 Å². The Morgan fingerprint density at radius 2 is 2.17 bits per heavy atom. The van der Waals surface area contributed by atoms with E-state index in [1.807, 2.05) is 0 Å². The SMILES string of the molecule is CC(C(=O)O)C(=O)NCc1cc(Br)cc(Cl)c1F. The van der Waals surface area contributed by atoms with Gasteiger partial charge in [0.25, 0.3) is 0 Å². The van der Waals surface area contributed by atoms with Crippen molar-refractivity contribution in [2.75, 3.05) is 0 Å². The number of halogens is 3. The number of aliphatic carboxylic acids is 1. The summed E-state index contributed by atoms with van der Waals surface area (Å²) < 4.78 is 14.1. The van der Waals surface area contributed by atoms with Crippen molar-refractivity contribution < 1.29 is 19.1 Å². The highest BCUT2D eigenvalue weighted by atomic mass is 79.9. The van der Waals surface area contributed by atoms with Crippen molar-refractivity contribution >= 4 is 39.4 Å². The molecule has 0 saturated heterocycles. The Balaban J connectivity index is 2.75. The number of benzene rings is 1. The van der Waals surface area contributed by atoms with Crippen LogP contribution in [0.15, 0.2) is 16.6 Å². The minimum atomic E-state index is -1.24. The van der Waals surface area contributed by atoms with Gasteiger partial charge in [-0.15, -0.1) is 0 Å². The largest absolute Gasteiger partial charge is 0.481 e. The van der Waals surface area contributed by atoms with Gasteiger partial charge in [0.05, 0.1) is 5.02 Å². The number of hydrogen-bond acceptors (Lipinski definition) is 2. The zero-order valence-electron chi connectivity index (χ0n) is 9.34. The van der Waals surface area contributed by atoms with Crippen LogP contribution in [0.1, 0.15) is 12.5 Å². The van der Waals surface area contributed by atoms with Crippen molar-refractivity contribution in [3.8, 4) is 0 Å². The Bertz CT molecular complexity index is 495.